The molecule has 0 unspecified atom stereocenters. The van der Waals surface area contributed by atoms with E-state index in [9.17, 15) is 27.3 Å². The fraction of sp³-hybridized carbons (Fsp3) is 0.214. The molecule has 0 saturated heterocycles. The second-order valence-electron chi connectivity index (χ2n) is 5.73. The van der Waals surface area contributed by atoms with Crippen LogP contribution in [0.5, 0.6) is 0 Å². The Hall–Kier alpha value is -2.31. The van der Waals surface area contributed by atoms with E-state index in [2.05, 4.69) is 4.37 Å². The summed E-state index contributed by atoms with van der Waals surface area (Å²) in [5.41, 5.74) is -3.46. The lowest BCUT2D eigenvalue weighted by Crippen LogP contribution is -2.40. The zero-order valence-corrected chi connectivity index (χ0v) is 15.7. The van der Waals surface area contributed by atoms with Crippen molar-refractivity contribution in [1.82, 2.24) is 18.6 Å². The van der Waals surface area contributed by atoms with Crippen molar-refractivity contribution in [2.75, 3.05) is 0 Å². The summed E-state index contributed by atoms with van der Waals surface area (Å²) in [4.78, 5) is 42.4. The minimum Gasteiger partial charge on any atom is -0.313 e. The van der Waals surface area contributed by atoms with Gasteiger partial charge in [0.05, 0.1) is 22.6 Å². The van der Waals surface area contributed by atoms with Crippen LogP contribution in [0.2, 0.25) is 0 Å². The van der Waals surface area contributed by atoms with Gasteiger partial charge in [0.25, 0.3) is 5.56 Å². The van der Waals surface area contributed by atoms with Crippen LogP contribution in [-0.2, 0) is 24.3 Å². The lowest BCUT2D eigenvalue weighted by Gasteiger charge is -2.14. The molecule has 0 bridgehead atoms. The van der Waals surface area contributed by atoms with E-state index < -0.39 is 30.9 Å². The van der Waals surface area contributed by atoms with Crippen molar-refractivity contribution < 1.29 is 27.5 Å². The van der Waals surface area contributed by atoms with Gasteiger partial charge in [-0.1, -0.05) is 0 Å². The van der Waals surface area contributed by atoms with E-state index >= 15 is 0 Å². The van der Waals surface area contributed by atoms with E-state index in [-0.39, 0.29) is 17.9 Å². The van der Waals surface area contributed by atoms with Crippen LogP contribution in [0.25, 0.3) is 15.8 Å². The van der Waals surface area contributed by atoms with Crippen LogP contribution >= 0.6 is 19.3 Å². The highest BCUT2D eigenvalue weighted by molar-refractivity contribution is 7.49. The quantitative estimate of drug-likeness (QED) is 0.527. The Labute approximate surface area is 158 Å². The fourth-order valence-electron chi connectivity index (χ4n) is 2.56. The minimum atomic E-state index is -4.87. The second kappa shape index (κ2) is 6.94. The minimum absolute atomic E-state index is 0.00412. The number of alkyl halides is 3. The van der Waals surface area contributed by atoms with E-state index in [0.717, 1.165) is 18.6 Å². The average Bonchev–Trinajstić information content (AvgIpc) is 2.97. The summed E-state index contributed by atoms with van der Waals surface area (Å²) in [6.45, 7) is -0.284. The molecule has 2 aromatic heterocycles. The van der Waals surface area contributed by atoms with E-state index in [4.69, 9.17) is 9.79 Å². The Morgan fingerprint density at radius 1 is 1.25 bits per heavy atom. The number of aromatic nitrogens is 3. The second-order valence-corrected chi connectivity index (χ2v) is 7.94. The molecule has 0 saturated carbocycles. The average molecular weight is 436 g/mol. The Kier molecular flexibility index (Phi) is 5.06. The summed E-state index contributed by atoms with van der Waals surface area (Å²) in [6, 6.07) is 4.56. The van der Waals surface area contributed by atoms with Gasteiger partial charge in [-0.25, -0.2) is 19.0 Å². The monoisotopic (exact) mass is 436 g/mol. The van der Waals surface area contributed by atoms with E-state index in [1.54, 1.807) is 0 Å². The molecule has 0 atom stereocenters. The number of hydrogen-bond acceptors (Lipinski definition) is 5. The number of nitrogens with zero attached hydrogens (tertiary/aromatic N) is 3. The Morgan fingerprint density at radius 3 is 2.54 bits per heavy atom. The van der Waals surface area contributed by atoms with Crippen LogP contribution in [-0.4, -0.2) is 23.3 Å². The third kappa shape index (κ3) is 3.93. The maximum Gasteiger partial charge on any atom is 0.431 e. The number of benzene rings is 1. The molecule has 0 radical (unpaired) electrons. The molecule has 1 aromatic carbocycles. The number of nitrogens with one attached hydrogen (secondary N) is 1. The van der Waals surface area contributed by atoms with Crippen LogP contribution in [0.15, 0.2) is 33.9 Å². The van der Waals surface area contributed by atoms with Crippen LogP contribution < -0.4 is 16.3 Å². The van der Waals surface area contributed by atoms with Gasteiger partial charge in [-0.15, -0.1) is 0 Å². The van der Waals surface area contributed by atoms with Gasteiger partial charge >= 0.3 is 19.6 Å². The van der Waals surface area contributed by atoms with Crippen molar-refractivity contribution in [3.05, 3.63) is 56.5 Å². The molecule has 0 fully saturated rings. The molecule has 150 valence electrons. The maximum absolute atomic E-state index is 13.0. The van der Waals surface area contributed by atoms with Crippen molar-refractivity contribution in [3.63, 3.8) is 0 Å². The Balaban J connectivity index is 2.15. The predicted octanol–water partition coefficient (Wildman–Crippen LogP) is 1.35. The Bertz CT molecular complexity index is 1230. The van der Waals surface area contributed by atoms with Crippen molar-refractivity contribution in [3.8, 4) is 5.69 Å². The van der Waals surface area contributed by atoms with Crippen LogP contribution in [0.3, 0.4) is 0 Å². The van der Waals surface area contributed by atoms with Crippen molar-refractivity contribution in [2.24, 2.45) is 7.05 Å². The van der Waals surface area contributed by atoms with Gasteiger partial charge in [0.15, 0.2) is 0 Å². The molecule has 0 aliphatic carbocycles. The summed E-state index contributed by atoms with van der Waals surface area (Å²) < 4.78 is 55.4. The molecule has 0 spiro atoms. The largest absolute Gasteiger partial charge is 0.431 e. The first-order chi connectivity index (χ1) is 12.9. The molecule has 0 amide bonds. The first-order valence-corrected chi connectivity index (χ1v) is 9.87. The van der Waals surface area contributed by atoms with E-state index in [0.29, 0.717) is 25.3 Å². The molecule has 2 heterocycles. The molecule has 3 rings (SSSR count). The summed E-state index contributed by atoms with van der Waals surface area (Å²) in [7, 11) is -3.59. The Morgan fingerprint density at radius 2 is 1.93 bits per heavy atom. The highest BCUT2D eigenvalue weighted by Crippen LogP contribution is 2.31. The smallest absolute Gasteiger partial charge is 0.313 e. The van der Waals surface area contributed by atoms with E-state index in [1.807, 2.05) is 5.09 Å². The summed E-state index contributed by atoms with van der Waals surface area (Å²) in [6.07, 6.45) is -4.87. The lowest BCUT2D eigenvalue weighted by molar-refractivity contribution is -0.144. The fourth-order valence-corrected chi connectivity index (χ4v) is 3.69. The van der Waals surface area contributed by atoms with E-state index in [1.165, 1.54) is 18.2 Å². The molecule has 0 aliphatic heterocycles. The molecule has 3 N–H and O–H groups in total. The predicted molar refractivity (Wildman–Crippen MR) is 94.3 cm³/mol. The summed E-state index contributed by atoms with van der Waals surface area (Å²) >= 11 is 1.02. The number of fused-ring (bicyclic) bond motifs is 1. The third-order valence-corrected chi connectivity index (χ3v) is 5.28. The first kappa shape index (κ1) is 20.4. The van der Waals surface area contributed by atoms with Gasteiger partial charge in [-0.05, 0) is 29.7 Å². The maximum atomic E-state index is 13.0. The van der Waals surface area contributed by atoms with Gasteiger partial charge < -0.3 is 9.79 Å². The number of hydrogen-bond donors (Lipinski definition) is 3. The third-order valence-electron chi connectivity index (χ3n) is 3.85. The SMILES string of the molecule is Cn1c(C(F)(F)F)cc(=O)n(-c2ccc3snc(CNP(=O)(O)O)c3c2)c1=O. The number of halogens is 3. The molecule has 0 aliphatic rings. The van der Waals surface area contributed by atoms with Crippen molar-refractivity contribution in [2.45, 2.75) is 12.7 Å². The summed E-state index contributed by atoms with van der Waals surface area (Å²) in [5, 5.41) is 2.38. The highest BCUT2D eigenvalue weighted by atomic mass is 32.1. The molecule has 3 aromatic rings. The van der Waals surface area contributed by atoms with Gasteiger partial charge in [-0.2, -0.15) is 17.5 Å². The van der Waals surface area contributed by atoms with Gasteiger partial charge in [-0.3, -0.25) is 9.36 Å². The summed E-state index contributed by atoms with van der Waals surface area (Å²) in [5.74, 6) is 0. The standard InChI is InChI=1S/C14H12F3N4O5PS/c1-20-11(14(15,16)17)5-12(22)21(13(20)23)7-2-3-10-8(4-7)9(19-28-10)6-18-27(24,25)26/h2-5H,6H2,1H3,(H3,18,24,25,26). The van der Waals surface area contributed by atoms with Crippen molar-refractivity contribution in [1.29, 1.82) is 0 Å². The molecular formula is C14H12F3N4O5PS. The van der Waals surface area contributed by atoms with Gasteiger partial charge in [0.2, 0.25) is 0 Å². The van der Waals surface area contributed by atoms with Crippen LogP contribution in [0.4, 0.5) is 13.2 Å². The molecule has 14 heteroatoms. The molecule has 28 heavy (non-hydrogen) atoms. The topological polar surface area (TPSA) is 126 Å². The van der Waals surface area contributed by atoms with Gasteiger partial charge in [0, 0.05) is 18.5 Å². The van der Waals surface area contributed by atoms with Gasteiger partial charge in [0.1, 0.15) is 5.69 Å². The normalized spacial score (nSPS) is 12.6. The number of rotatable bonds is 4. The van der Waals surface area contributed by atoms with Crippen molar-refractivity contribution >= 4 is 29.4 Å². The highest BCUT2D eigenvalue weighted by Gasteiger charge is 2.35. The molecule has 9 nitrogen and oxygen atoms in total. The lowest BCUT2D eigenvalue weighted by atomic mass is 10.2. The first-order valence-electron chi connectivity index (χ1n) is 7.48. The molecular weight excluding hydrogens is 424 g/mol. The zero-order valence-electron chi connectivity index (χ0n) is 14.0. The van der Waals surface area contributed by atoms with Crippen LogP contribution in [0.1, 0.15) is 11.4 Å². The zero-order chi connectivity index (χ0) is 20.9. The van der Waals surface area contributed by atoms with Crippen LogP contribution in [0, 0.1) is 0 Å².